The Balaban J connectivity index is 1.91. The Hall–Kier alpha value is -1.65. The third-order valence-corrected chi connectivity index (χ3v) is 4.18. The minimum atomic E-state index is -0.493. The van der Waals surface area contributed by atoms with E-state index in [1.165, 1.54) is 0 Å². The van der Waals surface area contributed by atoms with Crippen LogP contribution in [0.1, 0.15) is 29.9 Å². The minimum Gasteiger partial charge on any atom is -0.388 e. The monoisotopic (exact) mass is 289 g/mol. The van der Waals surface area contributed by atoms with E-state index in [1.807, 2.05) is 47.8 Å². The van der Waals surface area contributed by atoms with Crippen LogP contribution < -0.4 is 0 Å². The zero-order valence-electron chi connectivity index (χ0n) is 11.5. The molecule has 0 spiro atoms. The Kier molecular flexibility index (Phi) is 5.32. The van der Waals surface area contributed by atoms with Gasteiger partial charge in [0.15, 0.2) is 0 Å². The zero-order valence-corrected chi connectivity index (χ0v) is 12.3. The summed E-state index contributed by atoms with van der Waals surface area (Å²) >= 11 is 1.54. The van der Waals surface area contributed by atoms with Crippen molar-refractivity contribution in [1.82, 2.24) is 4.90 Å². The van der Waals surface area contributed by atoms with E-state index in [2.05, 4.69) is 0 Å². The number of benzene rings is 1. The van der Waals surface area contributed by atoms with E-state index >= 15 is 0 Å². The number of carbonyl (C=O) groups is 1. The zero-order chi connectivity index (χ0) is 14.4. The molecule has 4 heteroatoms. The predicted octanol–water partition coefficient (Wildman–Crippen LogP) is 3.22. The number of hydrogen-bond donors (Lipinski definition) is 1. The molecule has 1 aromatic carbocycles. The van der Waals surface area contributed by atoms with Gasteiger partial charge in [-0.1, -0.05) is 36.4 Å². The number of thiophene rings is 1. The first-order valence-corrected chi connectivity index (χ1v) is 7.55. The van der Waals surface area contributed by atoms with E-state index in [9.17, 15) is 9.90 Å². The molecule has 1 atom stereocenters. The molecule has 0 aliphatic carbocycles. The maximum Gasteiger partial charge on any atom is 0.219 e. The van der Waals surface area contributed by atoms with Gasteiger partial charge >= 0.3 is 0 Å². The highest BCUT2D eigenvalue weighted by Crippen LogP contribution is 2.22. The molecule has 0 aliphatic heterocycles. The van der Waals surface area contributed by atoms with Crippen molar-refractivity contribution in [2.75, 3.05) is 6.54 Å². The summed E-state index contributed by atoms with van der Waals surface area (Å²) in [5.41, 5.74) is 1.10. The molecule has 1 amide bonds. The van der Waals surface area contributed by atoms with Gasteiger partial charge in [0.05, 0.1) is 6.10 Å². The number of amides is 1. The summed E-state index contributed by atoms with van der Waals surface area (Å²) in [5, 5.41) is 12.0. The summed E-state index contributed by atoms with van der Waals surface area (Å²) in [7, 11) is 0. The van der Waals surface area contributed by atoms with Gasteiger partial charge in [0.2, 0.25) is 5.91 Å². The van der Waals surface area contributed by atoms with E-state index in [0.29, 0.717) is 19.5 Å². The summed E-state index contributed by atoms with van der Waals surface area (Å²) in [6.45, 7) is 2.72. The molecule has 0 unspecified atom stereocenters. The van der Waals surface area contributed by atoms with E-state index < -0.39 is 6.10 Å². The Morgan fingerprint density at radius 3 is 2.60 bits per heavy atom. The molecule has 0 saturated carbocycles. The Morgan fingerprint density at radius 1 is 1.25 bits per heavy atom. The van der Waals surface area contributed by atoms with Gasteiger partial charge in [0.25, 0.3) is 0 Å². The quantitative estimate of drug-likeness (QED) is 0.887. The van der Waals surface area contributed by atoms with Crippen molar-refractivity contribution in [2.45, 2.75) is 26.0 Å². The van der Waals surface area contributed by atoms with Gasteiger partial charge in [-0.3, -0.25) is 4.79 Å². The average molecular weight is 289 g/mol. The minimum absolute atomic E-state index is 0.0345. The van der Waals surface area contributed by atoms with Gasteiger partial charge in [-0.2, -0.15) is 0 Å². The summed E-state index contributed by atoms with van der Waals surface area (Å²) in [6, 6.07) is 13.8. The standard InChI is InChI=1S/C16H19NO2S/c1-13(18)17(12-14-6-3-2-4-7-14)10-9-15(19)16-8-5-11-20-16/h2-8,11,15,19H,9-10,12H2,1H3/t15-/m0/s1. The maximum absolute atomic E-state index is 11.7. The molecule has 0 aliphatic rings. The molecule has 2 aromatic rings. The molecule has 0 radical (unpaired) electrons. The van der Waals surface area contributed by atoms with Crippen LogP contribution in [0.5, 0.6) is 0 Å². The lowest BCUT2D eigenvalue weighted by Gasteiger charge is -2.22. The number of rotatable bonds is 6. The average Bonchev–Trinajstić information content (AvgIpc) is 2.98. The van der Waals surface area contributed by atoms with Crippen LogP contribution in [-0.2, 0) is 11.3 Å². The topological polar surface area (TPSA) is 40.5 Å². The second kappa shape index (κ2) is 7.22. The predicted molar refractivity (Wildman–Crippen MR) is 81.4 cm³/mol. The van der Waals surface area contributed by atoms with Gasteiger partial charge in [0.1, 0.15) is 0 Å². The van der Waals surface area contributed by atoms with Crippen molar-refractivity contribution in [1.29, 1.82) is 0 Å². The highest BCUT2D eigenvalue weighted by atomic mass is 32.1. The van der Waals surface area contributed by atoms with Crippen molar-refractivity contribution < 1.29 is 9.90 Å². The van der Waals surface area contributed by atoms with Crippen molar-refractivity contribution >= 4 is 17.2 Å². The molecular weight excluding hydrogens is 270 g/mol. The summed E-state index contributed by atoms with van der Waals surface area (Å²) < 4.78 is 0. The van der Waals surface area contributed by atoms with Crippen LogP contribution in [0.25, 0.3) is 0 Å². The van der Waals surface area contributed by atoms with E-state index in [0.717, 1.165) is 10.4 Å². The van der Waals surface area contributed by atoms with Crippen LogP contribution in [0.2, 0.25) is 0 Å². The lowest BCUT2D eigenvalue weighted by molar-refractivity contribution is -0.129. The number of aliphatic hydroxyl groups is 1. The Labute approximate surface area is 123 Å². The van der Waals surface area contributed by atoms with E-state index in [-0.39, 0.29) is 5.91 Å². The molecule has 1 N–H and O–H groups in total. The lowest BCUT2D eigenvalue weighted by atomic mass is 10.1. The SMILES string of the molecule is CC(=O)N(CC[C@H](O)c1cccs1)Cc1ccccc1. The number of nitrogens with zero attached hydrogens (tertiary/aromatic N) is 1. The van der Waals surface area contributed by atoms with Gasteiger partial charge in [-0.05, 0) is 23.4 Å². The number of carbonyl (C=O) groups excluding carboxylic acids is 1. The molecule has 2 rings (SSSR count). The van der Waals surface area contributed by atoms with Crippen LogP contribution in [0, 0.1) is 0 Å². The second-order valence-corrected chi connectivity index (χ2v) is 5.73. The Morgan fingerprint density at radius 2 is 2.00 bits per heavy atom. The van der Waals surface area contributed by atoms with Crippen LogP contribution in [0.3, 0.4) is 0 Å². The molecule has 3 nitrogen and oxygen atoms in total. The fourth-order valence-electron chi connectivity index (χ4n) is 2.05. The third kappa shape index (κ3) is 4.18. The Bertz CT molecular complexity index is 525. The van der Waals surface area contributed by atoms with Gasteiger partial charge in [0, 0.05) is 24.9 Å². The fourth-order valence-corrected chi connectivity index (χ4v) is 2.80. The molecule has 0 fully saturated rings. The molecule has 106 valence electrons. The van der Waals surface area contributed by atoms with Crippen molar-refractivity contribution in [3.05, 3.63) is 58.3 Å². The molecular formula is C16H19NO2S. The van der Waals surface area contributed by atoms with Crippen molar-refractivity contribution in [3.63, 3.8) is 0 Å². The first-order chi connectivity index (χ1) is 9.66. The van der Waals surface area contributed by atoms with Crippen molar-refractivity contribution in [3.8, 4) is 0 Å². The largest absolute Gasteiger partial charge is 0.388 e. The van der Waals surface area contributed by atoms with Crippen LogP contribution >= 0.6 is 11.3 Å². The summed E-state index contributed by atoms with van der Waals surface area (Å²) in [4.78, 5) is 14.4. The summed E-state index contributed by atoms with van der Waals surface area (Å²) in [5.74, 6) is 0.0345. The van der Waals surface area contributed by atoms with Gasteiger partial charge < -0.3 is 10.0 Å². The van der Waals surface area contributed by atoms with Crippen LogP contribution in [0.4, 0.5) is 0 Å². The fraction of sp³-hybridized carbons (Fsp3) is 0.312. The van der Waals surface area contributed by atoms with Gasteiger partial charge in [-0.25, -0.2) is 0 Å². The molecule has 1 aromatic heterocycles. The molecule has 1 heterocycles. The second-order valence-electron chi connectivity index (χ2n) is 4.75. The summed E-state index contributed by atoms with van der Waals surface area (Å²) in [6.07, 6.45) is 0.0695. The highest BCUT2D eigenvalue weighted by molar-refractivity contribution is 7.10. The lowest BCUT2D eigenvalue weighted by Crippen LogP contribution is -2.30. The normalized spacial score (nSPS) is 12.1. The first-order valence-electron chi connectivity index (χ1n) is 6.67. The maximum atomic E-state index is 11.7. The number of hydrogen-bond acceptors (Lipinski definition) is 3. The smallest absolute Gasteiger partial charge is 0.219 e. The molecule has 20 heavy (non-hydrogen) atoms. The van der Waals surface area contributed by atoms with E-state index in [4.69, 9.17) is 0 Å². The highest BCUT2D eigenvalue weighted by Gasteiger charge is 2.14. The number of aliphatic hydroxyl groups excluding tert-OH is 1. The van der Waals surface area contributed by atoms with Crippen LogP contribution in [0.15, 0.2) is 47.8 Å². The molecule has 0 saturated heterocycles. The van der Waals surface area contributed by atoms with E-state index in [1.54, 1.807) is 23.2 Å². The third-order valence-electron chi connectivity index (χ3n) is 3.21. The van der Waals surface area contributed by atoms with Crippen LogP contribution in [-0.4, -0.2) is 22.5 Å². The first kappa shape index (κ1) is 14.8. The van der Waals surface area contributed by atoms with Crippen molar-refractivity contribution in [2.24, 2.45) is 0 Å². The molecule has 0 bridgehead atoms. The van der Waals surface area contributed by atoms with Gasteiger partial charge in [-0.15, -0.1) is 11.3 Å².